The molecule has 1 heterocycles. The molecule has 2 aromatic rings. The number of aromatic nitrogens is 2. The van der Waals surface area contributed by atoms with Crippen LogP contribution in [0.2, 0.25) is 0 Å². The molecular formula is C14H14N4. The summed E-state index contributed by atoms with van der Waals surface area (Å²) >= 11 is 0. The van der Waals surface area contributed by atoms with Crippen molar-refractivity contribution in [3.8, 4) is 11.8 Å². The highest BCUT2D eigenvalue weighted by Gasteiger charge is 2.11. The first-order chi connectivity index (χ1) is 8.85. The van der Waals surface area contributed by atoms with Gasteiger partial charge in [0.05, 0.1) is 18.0 Å². The number of nitrogens with zero attached hydrogens (tertiary/aromatic N) is 3. The molecule has 0 saturated heterocycles. The maximum absolute atomic E-state index is 9.10. The van der Waals surface area contributed by atoms with E-state index >= 15 is 0 Å². The van der Waals surface area contributed by atoms with Gasteiger partial charge in [0.15, 0.2) is 0 Å². The quantitative estimate of drug-likeness (QED) is 0.812. The fourth-order valence-electron chi connectivity index (χ4n) is 1.65. The smallest absolute Gasteiger partial charge is 0.124 e. The van der Waals surface area contributed by atoms with Gasteiger partial charge in [-0.05, 0) is 12.1 Å². The van der Waals surface area contributed by atoms with Gasteiger partial charge in [0, 0.05) is 18.3 Å². The lowest BCUT2D eigenvalue weighted by Crippen LogP contribution is -2.19. The molecule has 0 bridgehead atoms. The average molecular weight is 238 g/mol. The monoisotopic (exact) mass is 238 g/mol. The summed E-state index contributed by atoms with van der Waals surface area (Å²) < 4.78 is 1.76. The molecule has 0 saturated carbocycles. The third kappa shape index (κ3) is 2.65. The van der Waals surface area contributed by atoms with Crippen molar-refractivity contribution in [3.63, 3.8) is 0 Å². The Labute approximate surface area is 106 Å². The fraction of sp³-hybridized carbons (Fsp3) is 0.143. The van der Waals surface area contributed by atoms with Gasteiger partial charge in [0.2, 0.25) is 0 Å². The maximum atomic E-state index is 9.10. The second kappa shape index (κ2) is 5.80. The lowest BCUT2D eigenvalue weighted by Gasteiger charge is -2.06. The number of hydrogen-bond acceptors (Lipinski definition) is 3. The van der Waals surface area contributed by atoms with Gasteiger partial charge in [0.1, 0.15) is 6.04 Å². The van der Waals surface area contributed by atoms with Crippen molar-refractivity contribution < 1.29 is 0 Å². The van der Waals surface area contributed by atoms with E-state index in [2.05, 4.69) is 23.1 Å². The Morgan fingerprint density at radius 3 is 2.89 bits per heavy atom. The highest BCUT2D eigenvalue weighted by atomic mass is 15.3. The Morgan fingerprint density at radius 1 is 1.44 bits per heavy atom. The number of nitrogens with one attached hydrogen (secondary N) is 1. The van der Waals surface area contributed by atoms with Crippen LogP contribution in [0.15, 0.2) is 55.4 Å². The van der Waals surface area contributed by atoms with Crippen molar-refractivity contribution in [1.29, 1.82) is 5.26 Å². The predicted molar refractivity (Wildman–Crippen MR) is 70.1 cm³/mol. The molecule has 0 amide bonds. The molecule has 1 atom stereocenters. The van der Waals surface area contributed by atoms with Crippen molar-refractivity contribution in [3.05, 3.63) is 60.9 Å². The summed E-state index contributed by atoms with van der Waals surface area (Å²) in [6.45, 7) is 4.21. The molecule has 0 aliphatic rings. The van der Waals surface area contributed by atoms with Crippen LogP contribution in [0.1, 0.15) is 11.6 Å². The third-order valence-electron chi connectivity index (χ3n) is 2.55. The number of hydrogen-bond donors (Lipinski definition) is 1. The molecule has 18 heavy (non-hydrogen) atoms. The Morgan fingerprint density at radius 2 is 2.22 bits per heavy atom. The Bertz CT molecular complexity index is 551. The minimum atomic E-state index is -0.361. The van der Waals surface area contributed by atoms with Crippen LogP contribution in [0, 0.1) is 11.3 Å². The van der Waals surface area contributed by atoms with E-state index in [1.165, 1.54) is 0 Å². The van der Waals surface area contributed by atoms with E-state index in [0.717, 1.165) is 11.3 Å². The molecule has 1 unspecified atom stereocenters. The van der Waals surface area contributed by atoms with Crippen molar-refractivity contribution in [1.82, 2.24) is 15.1 Å². The minimum Gasteiger partial charge on any atom is -0.295 e. The molecule has 90 valence electrons. The molecule has 0 radical (unpaired) electrons. The van der Waals surface area contributed by atoms with Crippen LogP contribution < -0.4 is 5.32 Å². The zero-order valence-corrected chi connectivity index (χ0v) is 9.95. The topological polar surface area (TPSA) is 53.6 Å². The summed E-state index contributed by atoms with van der Waals surface area (Å²) in [5, 5.41) is 16.4. The summed E-state index contributed by atoms with van der Waals surface area (Å²) in [4.78, 5) is 0. The first-order valence-corrected chi connectivity index (χ1v) is 5.69. The zero-order chi connectivity index (χ0) is 12.8. The number of nitriles is 1. The van der Waals surface area contributed by atoms with Gasteiger partial charge in [-0.15, -0.1) is 6.58 Å². The van der Waals surface area contributed by atoms with Crippen LogP contribution in [0.5, 0.6) is 0 Å². The third-order valence-corrected chi connectivity index (χ3v) is 2.55. The van der Waals surface area contributed by atoms with Crippen LogP contribution in [0.25, 0.3) is 5.69 Å². The van der Waals surface area contributed by atoms with E-state index in [9.17, 15) is 0 Å². The molecular weight excluding hydrogens is 224 g/mol. The van der Waals surface area contributed by atoms with Crippen molar-refractivity contribution in [2.45, 2.75) is 6.04 Å². The zero-order valence-electron chi connectivity index (χ0n) is 9.95. The standard InChI is InChI=1S/C14H14N4/c1-2-8-16-14(9-15)12-10-17-18(11-12)13-6-4-3-5-7-13/h2-7,10-11,14,16H,1,8H2. The Hall–Kier alpha value is -2.38. The van der Waals surface area contributed by atoms with E-state index in [4.69, 9.17) is 5.26 Å². The normalized spacial score (nSPS) is 11.7. The molecule has 4 nitrogen and oxygen atoms in total. The van der Waals surface area contributed by atoms with Crippen molar-refractivity contribution >= 4 is 0 Å². The summed E-state index contributed by atoms with van der Waals surface area (Å²) in [6, 6.07) is 11.6. The summed E-state index contributed by atoms with van der Waals surface area (Å²) in [7, 11) is 0. The lowest BCUT2D eigenvalue weighted by atomic mass is 10.2. The second-order valence-electron chi connectivity index (χ2n) is 3.81. The van der Waals surface area contributed by atoms with E-state index < -0.39 is 0 Å². The number of rotatable bonds is 5. The largest absolute Gasteiger partial charge is 0.295 e. The first kappa shape index (κ1) is 12.1. The molecule has 1 aromatic heterocycles. The highest BCUT2D eigenvalue weighted by molar-refractivity contribution is 5.32. The predicted octanol–water partition coefficient (Wildman–Crippen LogP) is 2.21. The Balaban J connectivity index is 2.20. The van der Waals surface area contributed by atoms with Gasteiger partial charge in [-0.3, -0.25) is 5.32 Å². The summed E-state index contributed by atoms with van der Waals surface area (Å²) in [6.07, 6.45) is 5.29. The van der Waals surface area contributed by atoms with Crippen LogP contribution in [0.4, 0.5) is 0 Å². The highest BCUT2D eigenvalue weighted by Crippen LogP contribution is 2.13. The van der Waals surface area contributed by atoms with Crippen LogP contribution in [-0.4, -0.2) is 16.3 Å². The van der Waals surface area contributed by atoms with E-state index in [1.807, 2.05) is 36.5 Å². The van der Waals surface area contributed by atoms with Crippen LogP contribution in [0.3, 0.4) is 0 Å². The number of benzene rings is 1. The molecule has 1 aromatic carbocycles. The van der Waals surface area contributed by atoms with Crippen LogP contribution in [-0.2, 0) is 0 Å². The summed E-state index contributed by atoms with van der Waals surface area (Å²) in [5.41, 5.74) is 1.83. The van der Waals surface area contributed by atoms with Gasteiger partial charge < -0.3 is 0 Å². The molecule has 0 aliphatic heterocycles. The minimum absolute atomic E-state index is 0.361. The molecule has 0 aliphatic carbocycles. The first-order valence-electron chi connectivity index (χ1n) is 5.69. The van der Waals surface area contributed by atoms with E-state index in [-0.39, 0.29) is 6.04 Å². The van der Waals surface area contributed by atoms with Gasteiger partial charge in [-0.2, -0.15) is 10.4 Å². The van der Waals surface area contributed by atoms with Gasteiger partial charge in [-0.25, -0.2) is 4.68 Å². The molecule has 1 N–H and O–H groups in total. The summed E-state index contributed by atoms with van der Waals surface area (Å²) in [5.74, 6) is 0. The second-order valence-corrected chi connectivity index (χ2v) is 3.81. The molecule has 0 spiro atoms. The van der Waals surface area contributed by atoms with E-state index in [1.54, 1.807) is 17.0 Å². The maximum Gasteiger partial charge on any atom is 0.124 e. The van der Waals surface area contributed by atoms with Crippen molar-refractivity contribution in [2.75, 3.05) is 6.54 Å². The Kier molecular flexibility index (Phi) is 3.90. The average Bonchev–Trinajstić information content (AvgIpc) is 2.90. The van der Waals surface area contributed by atoms with Gasteiger partial charge in [0.25, 0.3) is 0 Å². The van der Waals surface area contributed by atoms with E-state index in [0.29, 0.717) is 6.54 Å². The lowest BCUT2D eigenvalue weighted by molar-refractivity contribution is 0.683. The molecule has 4 heteroatoms. The molecule has 0 fully saturated rings. The van der Waals surface area contributed by atoms with Crippen molar-refractivity contribution in [2.24, 2.45) is 0 Å². The fourth-order valence-corrected chi connectivity index (χ4v) is 1.65. The van der Waals surface area contributed by atoms with Crippen LogP contribution >= 0.6 is 0 Å². The SMILES string of the molecule is C=CCNC(C#N)c1cnn(-c2ccccc2)c1. The molecule has 2 rings (SSSR count). The van der Waals surface area contributed by atoms with Gasteiger partial charge in [-0.1, -0.05) is 24.3 Å². The van der Waals surface area contributed by atoms with Gasteiger partial charge >= 0.3 is 0 Å². The number of para-hydroxylation sites is 1.